The van der Waals surface area contributed by atoms with E-state index in [4.69, 9.17) is 4.84 Å². The van der Waals surface area contributed by atoms with Crippen LogP contribution in [0.4, 0.5) is 14.5 Å². The minimum Gasteiger partial charge on any atom is -0.392 e. The number of oxime groups is 1. The molecule has 1 amide bonds. The van der Waals surface area contributed by atoms with E-state index in [0.717, 1.165) is 23.8 Å². The molecule has 2 aromatic rings. The summed E-state index contributed by atoms with van der Waals surface area (Å²) in [6, 6.07) is 8.23. The van der Waals surface area contributed by atoms with Crippen LogP contribution in [-0.2, 0) is 16.2 Å². The Morgan fingerprint density at radius 2 is 2.12 bits per heavy atom. The van der Waals surface area contributed by atoms with Crippen LogP contribution < -0.4 is 5.32 Å². The second kappa shape index (κ2) is 6.98. The van der Waals surface area contributed by atoms with E-state index >= 15 is 0 Å². The van der Waals surface area contributed by atoms with Crippen LogP contribution in [0.3, 0.4) is 0 Å². The van der Waals surface area contributed by atoms with Gasteiger partial charge in [-0.15, -0.1) is 0 Å². The molecular formula is C18H16F2N2O3. The Labute approximate surface area is 142 Å². The number of amides is 1. The molecule has 0 aliphatic carbocycles. The number of anilines is 1. The molecule has 0 saturated heterocycles. The number of benzene rings is 2. The first-order valence-corrected chi connectivity index (χ1v) is 7.67. The predicted molar refractivity (Wildman–Crippen MR) is 88.1 cm³/mol. The summed E-state index contributed by atoms with van der Waals surface area (Å²) in [5.41, 5.74) is 2.19. The number of nitrogens with zero attached hydrogens (tertiary/aromatic N) is 1. The Morgan fingerprint density at radius 3 is 2.88 bits per heavy atom. The molecule has 1 aliphatic rings. The van der Waals surface area contributed by atoms with Crippen molar-refractivity contribution in [1.82, 2.24) is 0 Å². The highest BCUT2D eigenvalue weighted by atomic mass is 19.1. The third-order valence-electron chi connectivity index (χ3n) is 3.94. The molecule has 1 atom stereocenters. The molecule has 0 fully saturated rings. The molecule has 1 unspecified atom stereocenters. The van der Waals surface area contributed by atoms with E-state index in [2.05, 4.69) is 10.5 Å². The zero-order chi connectivity index (χ0) is 18.0. The minimum atomic E-state index is -0.935. The van der Waals surface area contributed by atoms with Gasteiger partial charge in [-0.2, -0.15) is 0 Å². The molecule has 2 aromatic carbocycles. The number of hydrogen-bond donors (Lipinski definition) is 2. The van der Waals surface area contributed by atoms with Crippen molar-refractivity contribution in [1.29, 1.82) is 0 Å². The van der Waals surface area contributed by atoms with Crippen molar-refractivity contribution in [3.63, 3.8) is 0 Å². The molecule has 0 bridgehead atoms. The van der Waals surface area contributed by atoms with Crippen molar-refractivity contribution in [2.24, 2.45) is 5.16 Å². The summed E-state index contributed by atoms with van der Waals surface area (Å²) >= 11 is 0. The fourth-order valence-corrected chi connectivity index (χ4v) is 2.51. The lowest BCUT2D eigenvalue weighted by Crippen LogP contribution is -2.28. The summed E-state index contributed by atoms with van der Waals surface area (Å²) in [5.74, 6) is -1.67. The minimum absolute atomic E-state index is 0.0197. The van der Waals surface area contributed by atoms with Crippen molar-refractivity contribution < 1.29 is 23.5 Å². The SMILES string of the molecule is Cc1ccc(CO)cc1NC(=O)C1CC(c2cc(F)ccc2F)=NO1. The van der Waals surface area contributed by atoms with Gasteiger partial charge in [0.25, 0.3) is 5.91 Å². The number of halogens is 2. The number of carbonyl (C=O) groups excluding carboxylic acids is 1. The van der Waals surface area contributed by atoms with Crippen molar-refractivity contribution in [2.45, 2.75) is 26.1 Å². The van der Waals surface area contributed by atoms with Gasteiger partial charge in [0, 0.05) is 17.7 Å². The van der Waals surface area contributed by atoms with Gasteiger partial charge in [-0.05, 0) is 42.3 Å². The zero-order valence-corrected chi connectivity index (χ0v) is 13.4. The van der Waals surface area contributed by atoms with E-state index in [0.29, 0.717) is 11.3 Å². The van der Waals surface area contributed by atoms with Gasteiger partial charge >= 0.3 is 0 Å². The molecule has 25 heavy (non-hydrogen) atoms. The average Bonchev–Trinajstić information content (AvgIpc) is 3.09. The number of aliphatic hydroxyl groups is 1. The monoisotopic (exact) mass is 346 g/mol. The van der Waals surface area contributed by atoms with Crippen LogP contribution in [0.25, 0.3) is 0 Å². The Balaban J connectivity index is 1.71. The first-order chi connectivity index (χ1) is 12.0. The highest BCUT2D eigenvalue weighted by Gasteiger charge is 2.30. The second-order valence-corrected chi connectivity index (χ2v) is 5.76. The topological polar surface area (TPSA) is 70.9 Å². The number of nitrogens with one attached hydrogen (secondary N) is 1. The lowest BCUT2D eigenvalue weighted by Gasteiger charge is -2.12. The van der Waals surface area contributed by atoms with E-state index < -0.39 is 23.6 Å². The summed E-state index contributed by atoms with van der Waals surface area (Å²) < 4.78 is 27.1. The third kappa shape index (κ3) is 3.66. The van der Waals surface area contributed by atoms with Gasteiger partial charge in [-0.3, -0.25) is 4.79 Å². The van der Waals surface area contributed by atoms with Crippen molar-refractivity contribution >= 4 is 17.3 Å². The molecule has 0 radical (unpaired) electrons. The quantitative estimate of drug-likeness (QED) is 0.894. The van der Waals surface area contributed by atoms with Crippen LogP contribution >= 0.6 is 0 Å². The molecule has 0 saturated carbocycles. The standard InChI is InChI=1S/C18H16F2N2O3/c1-10-2-3-11(9-23)6-15(10)21-18(24)17-8-16(22-25-17)13-7-12(19)4-5-14(13)20/h2-7,17,23H,8-9H2,1H3,(H,21,24). The Morgan fingerprint density at radius 1 is 1.32 bits per heavy atom. The first-order valence-electron chi connectivity index (χ1n) is 7.67. The summed E-state index contributed by atoms with van der Waals surface area (Å²) in [6.45, 7) is 1.67. The maximum absolute atomic E-state index is 13.8. The molecule has 3 rings (SSSR count). The van der Waals surface area contributed by atoms with Crippen molar-refractivity contribution in [3.8, 4) is 0 Å². The van der Waals surface area contributed by atoms with Crippen molar-refractivity contribution in [3.05, 3.63) is 64.7 Å². The average molecular weight is 346 g/mol. The van der Waals surface area contributed by atoms with Crippen LogP contribution in [0.1, 0.15) is 23.1 Å². The van der Waals surface area contributed by atoms with Gasteiger partial charge in [0.1, 0.15) is 11.6 Å². The lowest BCUT2D eigenvalue weighted by atomic mass is 10.0. The normalized spacial score (nSPS) is 16.3. The van der Waals surface area contributed by atoms with Crippen LogP contribution in [-0.4, -0.2) is 22.8 Å². The van der Waals surface area contributed by atoms with E-state index in [1.807, 2.05) is 6.92 Å². The number of aliphatic hydroxyl groups excluding tert-OH is 1. The summed E-state index contributed by atoms with van der Waals surface area (Å²) in [6.07, 6.45) is -0.903. The summed E-state index contributed by atoms with van der Waals surface area (Å²) in [5, 5.41) is 15.6. The molecular weight excluding hydrogens is 330 g/mol. The van der Waals surface area contributed by atoms with Gasteiger partial charge in [0.05, 0.1) is 12.3 Å². The van der Waals surface area contributed by atoms with E-state index in [-0.39, 0.29) is 24.3 Å². The molecule has 130 valence electrons. The molecule has 2 N–H and O–H groups in total. The Hall–Kier alpha value is -2.80. The second-order valence-electron chi connectivity index (χ2n) is 5.76. The highest BCUT2D eigenvalue weighted by molar-refractivity contribution is 6.06. The van der Waals surface area contributed by atoms with Crippen LogP contribution in [0, 0.1) is 18.6 Å². The number of aryl methyl sites for hydroxylation is 1. The largest absolute Gasteiger partial charge is 0.392 e. The molecule has 0 aromatic heterocycles. The number of hydrogen-bond acceptors (Lipinski definition) is 4. The fourth-order valence-electron chi connectivity index (χ4n) is 2.51. The summed E-state index contributed by atoms with van der Waals surface area (Å²) in [7, 11) is 0. The summed E-state index contributed by atoms with van der Waals surface area (Å²) in [4.78, 5) is 17.4. The van der Waals surface area contributed by atoms with Gasteiger partial charge < -0.3 is 15.3 Å². The maximum atomic E-state index is 13.8. The van der Waals surface area contributed by atoms with Gasteiger partial charge in [0.15, 0.2) is 0 Å². The highest BCUT2D eigenvalue weighted by Crippen LogP contribution is 2.22. The van der Waals surface area contributed by atoms with Gasteiger partial charge in [-0.1, -0.05) is 17.3 Å². The first kappa shape index (κ1) is 17.0. The third-order valence-corrected chi connectivity index (χ3v) is 3.94. The predicted octanol–water partition coefficient (Wildman–Crippen LogP) is 2.90. The molecule has 7 heteroatoms. The molecule has 0 spiro atoms. The Kier molecular flexibility index (Phi) is 4.76. The van der Waals surface area contributed by atoms with Crippen LogP contribution in [0.5, 0.6) is 0 Å². The van der Waals surface area contributed by atoms with E-state index in [9.17, 15) is 18.7 Å². The molecule has 1 heterocycles. The maximum Gasteiger partial charge on any atom is 0.268 e. The fraction of sp³-hybridized carbons (Fsp3) is 0.222. The van der Waals surface area contributed by atoms with Crippen LogP contribution in [0.2, 0.25) is 0 Å². The number of rotatable bonds is 4. The lowest BCUT2D eigenvalue weighted by molar-refractivity contribution is -0.125. The molecule has 5 nitrogen and oxygen atoms in total. The van der Waals surface area contributed by atoms with Crippen molar-refractivity contribution in [2.75, 3.05) is 5.32 Å². The van der Waals surface area contributed by atoms with E-state index in [1.54, 1.807) is 18.2 Å². The van der Waals surface area contributed by atoms with Gasteiger partial charge in [0.2, 0.25) is 6.10 Å². The van der Waals surface area contributed by atoms with Gasteiger partial charge in [-0.25, -0.2) is 8.78 Å². The van der Waals surface area contributed by atoms with Crippen LogP contribution in [0.15, 0.2) is 41.6 Å². The molecule has 1 aliphatic heterocycles. The Bertz CT molecular complexity index is 852. The zero-order valence-electron chi connectivity index (χ0n) is 13.4. The number of carbonyl (C=O) groups is 1. The van der Waals surface area contributed by atoms with E-state index in [1.165, 1.54) is 0 Å². The smallest absolute Gasteiger partial charge is 0.268 e.